The second-order valence-electron chi connectivity index (χ2n) is 8.77. The number of nitrogens with zero attached hydrogens (tertiary/aromatic N) is 3. The van der Waals surface area contributed by atoms with Crippen LogP contribution in [0.25, 0.3) is 5.52 Å². The van der Waals surface area contributed by atoms with E-state index in [9.17, 15) is 14.7 Å². The van der Waals surface area contributed by atoms with E-state index in [1.165, 1.54) is 10.8 Å². The van der Waals surface area contributed by atoms with E-state index in [1.54, 1.807) is 32.9 Å². The Balaban J connectivity index is 1.62. The van der Waals surface area contributed by atoms with Crippen LogP contribution in [-0.2, 0) is 35.8 Å². The molecule has 1 aliphatic rings. The van der Waals surface area contributed by atoms with Gasteiger partial charge in [-0.05, 0) is 24.6 Å². The standard InChI is InChI=1S/C24H28N4O6/c1-14(2)23(31)32-12-17-20(33-19(29)11-15-7-5-4-6-8-15)21(30)24(3,34-17)18-10-9-16-22(25)26-13-27-28(16)18/h4-10,13-14,17,20-21,30H,11-12H2,1-3H3,(H2,25,26,27)/t17-,20-,21-,24+/m1/s1. The van der Waals surface area contributed by atoms with Crippen molar-refractivity contribution in [1.29, 1.82) is 0 Å². The van der Waals surface area contributed by atoms with Crippen molar-refractivity contribution < 1.29 is 28.9 Å². The molecule has 10 heteroatoms. The molecule has 0 amide bonds. The van der Waals surface area contributed by atoms with Crippen LogP contribution < -0.4 is 5.73 Å². The average molecular weight is 469 g/mol. The molecule has 4 atom stereocenters. The van der Waals surface area contributed by atoms with E-state index in [4.69, 9.17) is 19.9 Å². The number of carbonyl (C=O) groups excluding carboxylic acids is 2. The number of ether oxygens (including phenoxy) is 3. The van der Waals surface area contributed by atoms with Gasteiger partial charge in [0.25, 0.3) is 0 Å². The summed E-state index contributed by atoms with van der Waals surface area (Å²) < 4.78 is 18.8. The van der Waals surface area contributed by atoms with Gasteiger partial charge in [-0.15, -0.1) is 0 Å². The molecule has 0 unspecified atom stereocenters. The summed E-state index contributed by atoms with van der Waals surface area (Å²) in [4.78, 5) is 28.8. The van der Waals surface area contributed by atoms with E-state index in [0.29, 0.717) is 11.2 Å². The van der Waals surface area contributed by atoms with E-state index < -0.39 is 35.9 Å². The molecule has 1 saturated heterocycles. The SMILES string of the molecule is CC(C)C(=O)OC[C@H]1O[C@@](C)(c2ccc3c(N)ncnn23)[C@H](O)[C@@H]1OC(=O)Cc1ccccc1. The summed E-state index contributed by atoms with van der Waals surface area (Å²) in [5.41, 5.74) is 6.42. The Morgan fingerprint density at radius 2 is 1.97 bits per heavy atom. The zero-order valence-electron chi connectivity index (χ0n) is 19.2. The third-order valence-electron chi connectivity index (χ3n) is 5.95. The molecule has 34 heavy (non-hydrogen) atoms. The van der Waals surface area contributed by atoms with Crippen LogP contribution >= 0.6 is 0 Å². The Hall–Kier alpha value is -3.50. The van der Waals surface area contributed by atoms with Gasteiger partial charge in [-0.25, -0.2) is 9.50 Å². The van der Waals surface area contributed by atoms with E-state index in [1.807, 2.05) is 30.3 Å². The normalized spacial score (nSPS) is 24.4. The number of aliphatic hydroxyl groups is 1. The fraction of sp³-hybridized carbons (Fsp3) is 0.417. The first-order chi connectivity index (χ1) is 16.2. The second kappa shape index (κ2) is 9.40. The van der Waals surface area contributed by atoms with Crippen molar-refractivity contribution in [1.82, 2.24) is 14.6 Å². The van der Waals surface area contributed by atoms with Gasteiger partial charge in [0.1, 0.15) is 36.3 Å². The number of hydrogen-bond acceptors (Lipinski definition) is 9. The van der Waals surface area contributed by atoms with Crippen LogP contribution in [-0.4, -0.2) is 56.6 Å². The third kappa shape index (κ3) is 4.46. The maximum absolute atomic E-state index is 12.7. The maximum atomic E-state index is 12.7. The molecular formula is C24H28N4O6. The van der Waals surface area contributed by atoms with Crippen molar-refractivity contribution in [2.24, 2.45) is 5.92 Å². The molecule has 10 nitrogen and oxygen atoms in total. The molecule has 1 aromatic carbocycles. The zero-order chi connectivity index (χ0) is 24.5. The quantitative estimate of drug-likeness (QED) is 0.496. The molecule has 180 valence electrons. The third-order valence-corrected chi connectivity index (χ3v) is 5.95. The number of carbonyl (C=O) groups is 2. The molecule has 3 heterocycles. The number of benzene rings is 1. The number of aromatic nitrogens is 3. The Morgan fingerprint density at radius 1 is 1.24 bits per heavy atom. The molecule has 1 aliphatic heterocycles. The molecule has 1 fully saturated rings. The fourth-order valence-electron chi connectivity index (χ4n) is 4.06. The Kier molecular flexibility index (Phi) is 6.54. The van der Waals surface area contributed by atoms with Gasteiger partial charge >= 0.3 is 11.9 Å². The summed E-state index contributed by atoms with van der Waals surface area (Å²) in [6.07, 6.45) is -1.92. The highest BCUT2D eigenvalue weighted by atomic mass is 16.6. The van der Waals surface area contributed by atoms with E-state index in [2.05, 4.69) is 10.1 Å². The van der Waals surface area contributed by atoms with Crippen molar-refractivity contribution in [3.05, 3.63) is 60.0 Å². The first-order valence-electron chi connectivity index (χ1n) is 11.1. The lowest BCUT2D eigenvalue weighted by Crippen LogP contribution is -2.42. The van der Waals surface area contributed by atoms with Crippen LogP contribution in [0.3, 0.4) is 0 Å². The van der Waals surface area contributed by atoms with Gasteiger partial charge in [-0.2, -0.15) is 5.10 Å². The van der Waals surface area contributed by atoms with E-state index >= 15 is 0 Å². The number of rotatable bonds is 7. The summed E-state index contributed by atoms with van der Waals surface area (Å²) in [5.74, 6) is -1.03. The lowest BCUT2D eigenvalue weighted by atomic mass is 9.93. The summed E-state index contributed by atoms with van der Waals surface area (Å²) in [6.45, 7) is 4.91. The summed E-state index contributed by atoms with van der Waals surface area (Å²) in [7, 11) is 0. The van der Waals surface area contributed by atoms with Gasteiger partial charge in [-0.3, -0.25) is 9.59 Å². The van der Waals surface area contributed by atoms with Crippen LogP contribution in [0.5, 0.6) is 0 Å². The molecule has 0 spiro atoms. The van der Waals surface area contributed by atoms with Gasteiger partial charge in [-0.1, -0.05) is 44.2 Å². The minimum absolute atomic E-state index is 0.0249. The molecule has 0 saturated carbocycles. The fourth-order valence-corrected chi connectivity index (χ4v) is 4.06. The largest absolute Gasteiger partial charge is 0.463 e. The highest BCUT2D eigenvalue weighted by molar-refractivity contribution is 5.73. The number of esters is 2. The summed E-state index contributed by atoms with van der Waals surface area (Å²) in [5, 5.41) is 15.6. The van der Waals surface area contributed by atoms with Crippen molar-refractivity contribution in [2.45, 2.75) is 51.1 Å². The molecule has 3 N–H and O–H groups in total. The minimum atomic E-state index is -1.33. The lowest BCUT2D eigenvalue weighted by molar-refractivity contribution is -0.161. The minimum Gasteiger partial charge on any atom is -0.463 e. The van der Waals surface area contributed by atoms with Gasteiger partial charge in [0.15, 0.2) is 11.9 Å². The molecule has 0 bridgehead atoms. The molecule has 2 aromatic heterocycles. The van der Waals surface area contributed by atoms with Gasteiger partial charge in [0.05, 0.1) is 18.0 Å². The van der Waals surface area contributed by atoms with Gasteiger partial charge in [0.2, 0.25) is 0 Å². The Morgan fingerprint density at radius 3 is 2.68 bits per heavy atom. The van der Waals surface area contributed by atoms with Crippen molar-refractivity contribution >= 4 is 23.3 Å². The lowest BCUT2D eigenvalue weighted by Gasteiger charge is -2.27. The first kappa shape index (κ1) is 23.7. The highest BCUT2D eigenvalue weighted by Crippen LogP contribution is 2.41. The smallest absolute Gasteiger partial charge is 0.310 e. The summed E-state index contributed by atoms with van der Waals surface area (Å²) >= 11 is 0. The second-order valence-corrected chi connectivity index (χ2v) is 8.77. The number of anilines is 1. The highest BCUT2D eigenvalue weighted by Gasteiger charge is 2.56. The Bertz CT molecular complexity index is 1180. The average Bonchev–Trinajstić information content (AvgIpc) is 3.35. The van der Waals surface area contributed by atoms with Crippen LogP contribution in [0.4, 0.5) is 5.82 Å². The van der Waals surface area contributed by atoms with Crippen LogP contribution in [0, 0.1) is 5.92 Å². The number of nitrogen functional groups attached to an aromatic ring is 1. The van der Waals surface area contributed by atoms with Gasteiger partial charge in [0, 0.05) is 0 Å². The molecule has 0 radical (unpaired) electrons. The van der Waals surface area contributed by atoms with Crippen molar-refractivity contribution in [3.63, 3.8) is 0 Å². The molecular weight excluding hydrogens is 440 g/mol. The molecule has 3 aromatic rings. The predicted molar refractivity (Wildman–Crippen MR) is 121 cm³/mol. The monoisotopic (exact) mass is 468 g/mol. The number of nitrogens with two attached hydrogens (primary N) is 1. The molecule has 4 rings (SSSR count). The Labute approximate surface area is 196 Å². The van der Waals surface area contributed by atoms with Crippen LogP contribution in [0.1, 0.15) is 32.0 Å². The first-order valence-corrected chi connectivity index (χ1v) is 11.1. The van der Waals surface area contributed by atoms with Crippen molar-refractivity contribution in [2.75, 3.05) is 12.3 Å². The van der Waals surface area contributed by atoms with E-state index in [0.717, 1.165) is 5.56 Å². The van der Waals surface area contributed by atoms with Gasteiger partial charge < -0.3 is 25.1 Å². The van der Waals surface area contributed by atoms with Crippen LogP contribution in [0.15, 0.2) is 48.8 Å². The topological polar surface area (TPSA) is 138 Å². The predicted octanol–water partition coefficient (Wildman–Crippen LogP) is 1.64. The van der Waals surface area contributed by atoms with Crippen molar-refractivity contribution in [3.8, 4) is 0 Å². The summed E-state index contributed by atoms with van der Waals surface area (Å²) in [6, 6.07) is 12.6. The molecule has 0 aliphatic carbocycles. The number of fused-ring (bicyclic) bond motifs is 1. The zero-order valence-corrected chi connectivity index (χ0v) is 19.2. The maximum Gasteiger partial charge on any atom is 0.310 e. The number of aliphatic hydroxyl groups excluding tert-OH is 1. The van der Waals surface area contributed by atoms with E-state index in [-0.39, 0.29) is 24.8 Å². The van der Waals surface area contributed by atoms with Crippen LogP contribution in [0.2, 0.25) is 0 Å². The number of hydrogen-bond donors (Lipinski definition) is 2.